The van der Waals surface area contributed by atoms with E-state index in [1.807, 2.05) is 30.5 Å². The van der Waals surface area contributed by atoms with Gasteiger partial charge in [0.05, 0.1) is 11.4 Å². The summed E-state index contributed by atoms with van der Waals surface area (Å²) in [4.78, 5) is 4.56. The molecule has 1 heterocycles. The Balaban J connectivity index is 2.16. The summed E-state index contributed by atoms with van der Waals surface area (Å²) in [5.74, 6) is 0.488. The van der Waals surface area contributed by atoms with Crippen LogP contribution < -0.4 is 4.90 Å². The topological polar surface area (TPSA) is 3.24 Å². The highest BCUT2D eigenvalue weighted by molar-refractivity contribution is 7.99. The van der Waals surface area contributed by atoms with E-state index in [2.05, 4.69) is 29.2 Å². The Morgan fingerprint density at radius 2 is 1.84 bits per heavy atom. The maximum absolute atomic E-state index is 6.12. The van der Waals surface area contributed by atoms with Gasteiger partial charge in [-0.1, -0.05) is 41.6 Å². The molecule has 0 radical (unpaired) electrons. The maximum Gasteiger partial charge on any atom is 0.0610 e. The normalized spacial score (nSPS) is 13.5. The molecular weight excluding hydrogens is 297 g/mol. The molecule has 4 heteroatoms. The zero-order chi connectivity index (χ0) is 13.2. The fourth-order valence-corrected chi connectivity index (χ4v) is 3.36. The van der Waals surface area contributed by atoms with Crippen molar-refractivity contribution in [2.75, 3.05) is 10.8 Å². The van der Waals surface area contributed by atoms with Crippen LogP contribution in [0.1, 0.15) is 0 Å². The first-order chi connectivity index (χ1) is 9.29. The molecule has 0 saturated carbocycles. The van der Waals surface area contributed by atoms with E-state index in [1.54, 1.807) is 11.8 Å². The van der Waals surface area contributed by atoms with Crippen LogP contribution in [0.4, 0.5) is 11.4 Å². The van der Waals surface area contributed by atoms with Crippen LogP contribution in [0.25, 0.3) is 0 Å². The Bertz CT molecular complexity index is 640. The number of alkyl halides is 1. The fourth-order valence-electron chi connectivity index (χ4n) is 2.06. The lowest BCUT2D eigenvalue weighted by molar-refractivity contribution is 1.16. The SMILES string of the molecule is ClCC=CN1c2ccccc2Sc2ccc(Cl)cc21. The summed E-state index contributed by atoms with van der Waals surface area (Å²) in [5.41, 5.74) is 2.25. The van der Waals surface area contributed by atoms with Gasteiger partial charge in [0, 0.05) is 26.9 Å². The van der Waals surface area contributed by atoms with Crippen molar-refractivity contribution in [1.82, 2.24) is 0 Å². The molecule has 19 heavy (non-hydrogen) atoms. The highest BCUT2D eigenvalue weighted by Crippen LogP contribution is 2.48. The maximum atomic E-state index is 6.12. The van der Waals surface area contributed by atoms with Crippen LogP contribution in [0, 0.1) is 0 Å². The molecule has 2 aromatic carbocycles. The molecule has 1 aliphatic rings. The second-order valence-corrected chi connectivity index (χ2v) is 5.92. The van der Waals surface area contributed by atoms with Crippen molar-refractivity contribution in [2.45, 2.75) is 9.79 Å². The summed E-state index contributed by atoms with van der Waals surface area (Å²) >= 11 is 13.6. The number of anilines is 2. The molecule has 0 amide bonds. The first-order valence-electron chi connectivity index (χ1n) is 5.88. The van der Waals surface area contributed by atoms with Gasteiger partial charge in [0.15, 0.2) is 0 Å². The number of nitrogens with zero attached hydrogens (tertiary/aromatic N) is 1. The van der Waals surface area contributed by atoms with E-state index >= 15 is 0 Å². The van der Waals surface area contributed by atoms with Gasteiger partial charge in [-0.25, -0.2) is 0 Å². The highest BCUT2D eigenvalue weighted by Gasteiger charge is 2.21. The molecule has 1 aliphatic heterocycles. The van der Waals surface area contributed by atoms with Crippen molar-refractivity contribution >= 4 is 46.3 Å². The predicted octanol–water partition coefficient (Wildman–Crippen LogP) is 5.70. The van der Waals surface area contributed by atoms with Crippen LogP contribution in [0.5, 0.6) is 0 Å². The quantitative estimate of drug-likeness (QED) is 0.655. The monoisotopic (exact) mass is 307 g/mol. The van der Waals surface area contributed by atoms with Crippen LogP contribution >= 0.6 is 35.0 Å². The van der Waals surface area contributed by atoms with E-state index < -0.39 is 0 Å². The van der Waals surface area contributed by atoms with Crippen LogP contribution in [0.2, 0.25) is 5.02 Å². The summed E-state index contributed by atoms with van der Waals surface area (Å²) < 4.78 is 0. The lowest BCUT2D eigenvalue weighted by Crippen LogP contribution is -2.13. The Labute approximate surface area is 126 Å². The minimum atomic E-state index is 0.488. The van der Waals surface area contributed by atoms with Crippen LogP contribution in [-0.2, 0) is 0 Å². The van der Waals surface area contributed by atoms with Gasteiger partial charge in [0.2, 0.25) is 0 Å². The van der Waals surface area contributed by atoms with Crippen LogP contribution in [-0.4, -0.2) is 5.88 Å². The van der Waals surface area contributed by atoms with E-state index in [-0.39, 0.29) is 0 Å². The average Bonchev–Trinajstić information content (AvgIpc) is 2.44. The van der Waals surface area contributed by atoms with Crippen molar-refractivity contribution in [3.8, 4) is 0 Å². The number of benzene rings is 2. The molecule has 0 fully saturated rings. The Kier molecular flexibility index (Phi) is 3.74. The number of halogens is 2. The number of hydrogen-bond donors (Lipinski definition) is 0. The Morgan fingerprint density at radius 1 is 1.05 bits per heavy atom. The lowest BCUT2D eigenvalue weighted by Gasteiger charge is -2.30. The van der Waals surface area contributed by atoms with Crippen molar-refractivity contribution in [3.05, 3.63) is 59.8 Å². The van der Waals surface area contributed by atoms with E-state index in [9.17, 15) is 0 Å². The minimum absolute atomic E-state index is 0.488. The molecule has 0 spiro atoms. The van der Waals surface area contributed by atoms with Gasteiger partial charge in [-0.2, -0.15) is 0 Å². The molecular formula is C15H11Cl2NS. The Hall–Kier alpha value is -1.09. The molecule has 1 nitrogen and oxygen atoms in total. The number of rotatable bonds is 2. The van der Waals surface area contributed by atoms with Crippen molar-refractivity contribution in [1.29, 1.82) is 0 Å². The molecule has 0 atom stereocenters. The van der Waals surface area contributed by atoms with Gasteiger partial charge < -0.3 is 4.90 Å². The minimum Gasteiger partial charge on any atom is -0.315 e. The molecule has 0 saturated heterocycles. The summed E-state index contributed by atoms with van der Waals surface area (Å²) in [6.07, 6.45) is 3.93. The fraction of sp³-hybridized carbons (Fsp3) is 0.0667. The van der Waals surface area contributed by atoms with Gasteiger partial charge in [0.1, 0.15) is 0 Å². The highest BCUT2D eigenvalue weighted by atomic mass is 35.5. The van der Waals surface area contributed by atoms with Crippen molar-refractivity contribution in [2.24, 2.45) is 0 Å². The number of fused-ring (bicyclic) bond motifs is 2. The Morgan fingerprint density at radius 3 is 2.68 bits per heavy atom. The average molecular weight is 308 g/mol. The summed E-state index contributed by atoms with van der Waals surface area (Å²) in [6, 6.07) is 14.3. The smallest absolute Gasteiger partial charge is 0.0610 e. The molecule has 0 aliphatic carbocycles. The van der Waals surface area contributed by atoms with Gasteiger partial charge in [-0.15, -0.1) is 11.6 Å². The molecule has 2 aromatic rings. The van der Waals surface area contributed by atoms with Gasteiger partial charge >= 0.3 is 0 Å². The zero-order valence-electron chi connectivity index (χ0n) is 10.0. The third kappa shape index (κ3) is 2.48. The van der Waals surface area contributed by atoms with Crippen molar-refractivity contribution in [3.63, 3.8) is 0 Å². The van der Waals surface area contributed by atoms with E-state index in [1.165, 1.54) is 9.79 Å². The summed E-state index contributed by atoms with van der Waals surface area (Å²) in [7, 11) is 0. The zero-order valence-corrected chi connectivity index (χ0v) is 12.3. The number of para-hydroxylation sites is 1. The van der Waals surface area contributed by atoms with Crippen LogP contribution in [0.15, 0.2) is 64.5 Å². The molecule has 96 valence electrons. The first kappa shape index (κ1) is 12.9. The van der Waals surface area contributed by atoms with Gasteiger partial charge in [-0.05, 0) is 30.3 Å². The summed E-state index contributed by atoms with van der Waals surface area (Å²) in [5, 5.41) is 0.739. The second kappa shape index (κ2) is 5.49. The molecule has 0 aromatic heterocycles. The third-order valence-corrected chi connectivity index (χ3v) is 4.41. The summed E-state index contributed by atoms with van der Waals surface area (Å²) in [6.45, 7) is 0. The van der Waals surface area contributed by atoms with Crippen LogP contribution in [0.3, 0.4) is 0 Å². The molecule has 0 unspecified atom stereocenters. The van der Waals surface area contributed by atoms with Crippen molar-refractivity contribution < 1.29 is 0 Å². The van der Waals surface area contributed by atoms with Gasteiger partial charge in [-0.3, -0.25) is 0 Å². The third-order valence-electron chi connectivity index (χ3n) is 2.87. The second-order valence-electron chi connectivity index (χ2n) is 4.09. The standard InChI is InChI=1S/C15H11Cl2NS/c16-8-3-9-18-12-4-1-2-5-14(12)19-15-7-6-11(17)10-13(15)18/h1-7,9-10H,8H2. The van der Waals surface area contributed by atoms with E-state index in [4.69, 9.17) is 23.2 Å². The van der Waals surface area contributed by atoms with E-state index in [0.717, 1.165) is 16.4 Å². The predicted molar refractivity (Wildman–Crippen MR) is 84.0 cm³/mol. The molecule has 0 bridgehead atoms. The van der Waals surface area contributed by atoms with E-state index in [0.29, 0.717) is 5.88 Å². The number of hydrogen-bond acceptors (Lipinski definition) is 2. The molecule has 3 rings (SSSR count). The number of allylic oxidation sites excluding steroid dienone is 1. The lowest BCUT2D eigenvalue weighted by atomic mass is 10.2. The molecule has 0 N–H and O–H groups in total. The van der Waals surface area contributed by atoms with Gasteiger partial charge in [0.25, 0.3) is 0 Å². The first-order valence-corrected chi connectivity index (χ1v) is 7.61. The largest absolute Gasteiger partial charge is 0.315 e.